The Morgan fingerprint density at radius 1 is 1.05 bits per heavy atom. The molecule has 0 radical (unpaired) electrons. The predicted molar refractivity (Wildman–Crippen MR) is 147 cm³/mol. The second-order valence-electron chi connectivity index (χ2n) is 10.1. The van der Waals surface area contributed by atoms with E-state index >= 15 is 0 Å². The number of ether oxygens (including phenoxy) is 2. The molecule has 0 aromatic heterocycles. The van der Waals surface area contributed by atoms with Crippen molar-refractivity contribution in [2.24, 2.45) is 4.99 Å². The lowest BCUT2D eigenvalue weighted by Gasteiger charge is -2.32. The molecule has 0 saturated heterocycles. The van der Waals surface area contributed by atoms with Crippen molar-refractivity contribution in [3.8, 4) is 5.75 Å². The third-order valence-corrected chi connectivity index (χ3v) is 7.24. The number of aliphatic imine (C=N–C) groups is 1. The normalized spacial score (nSPS) is 16.7. The molecule has 2 amide bonds. The summed E-state index contributed by atoms with van der Waals surface area (Å²) in [5.41, 5.74) is 2.99. The number of carboxylic acid groups (broad SMARTS) is 1. The highest BCUT2D eigenvalue weighted by Gasteiger charge is 2.41. The van der Waals surface area contributed by atoms with E-state index in [1.165, 1.54) is 29.4 Å². The van der Waals surface area contributed by atoms with E-state index in [1.807, 2.05) is 20.8 Å². The van der Waals surface area contributed by atoms with Gasteiger partial charge in [-0.25, -0.2) is 14.6 Å². The molecule has 0 fully saturated rings. The van der Waals surface area contributed by atoms with Crippen molar-refractivity contribution in [3.05, 3.63) is 69.5 Å². The van der Waals surface area contributed by atoms with Gasteiger partial charge in [-0.1, -0.05) is 15.9 Å². The minimum atomic E-state index is -1.40. The first-order valence-electron chi connectivity index (χ1n) is 12.1. The van der Waals surface area contributed by atoms with Gasteiger partial charge in [0.15, 0.2) is 0 Å². The van der Waals surface area contributed by atoms with E-state index in [2.05, 4.69) is 20.9 Å². The van der Waals surface area contributed by atoms with Crippen LogP contribution in [0.1, 0.15) is 54.2 Å². The van der Waals surface area contributed by atoms with Gasteiger partial charge in [0.1, 0.15) is 23.2 Å². The van der Waals surface area contributed by atoms with Crippen LogP contribution < -0.4 is 14.3 Å². The summed E-state index contributed by atoms with van der Waals surface area (Å²) >= 11 is 3.48. The molecule has 9 nitrogen and oxygen atoms in total. The molecule has 2 aromatic rings. The van der Waals surface area contributed by atoms with Crippen molar-refractivity contribution >= 4 is 45.6 Å². The van der Waals surface area contributed by atoms with Crippen LogP contribution in [0.3, 0.4) is 0 Å². The van der Waals surface area contributed by atoms with Crippen LogP contribution >= 0.6 is 15.9 Å². The number of rotatable bonds is 6. The lowest BCUT2D eigenvalue weighted by atomic mass is 9.99. The van der Waals surface area contributed by atoms with Crippen molar-refractivity contribution in [1.82, 2.24) is 9.38 Å². The predicted octanol–water partition coefficient (Wildman–Crippen LogP) is 5.38. The molecule has 0 aliphatic carbocycles. The van der Waals surface area contributed by atoms with Crippen molar-refractivity contribution in [3.63, 3.8) is 0 Å². The van der Waals surface area contributed by atoms with Gasteiger partial charge < -0.3 is 24.3 Å². The van der Waals surface area contributed by atoms with Crippen LogP contribution in [0, 0.1) is 20.8 Å². The number of hydrogen-bond acceptors (Lipinski definition) is 7. The van der Waals surface area contributed by atoms with E-state index in [1.54, 1.807) is 46.0 Å². The summed E-state index contributed by atoms with van der Waals surface area (Å²) in [5, 5.41) is 12.4. The Morgan fingerprint density at radius 3 is 2.26 bits per heavy atom. The summed E-state index contributed by atoms with van der Waals surface area (Å²) in [6.07, 6.45) is 1.03. The van der Waals surface area contributed by atoms with Crippen LogP contribution in [0.2, 0.25) is 0 Å². The topological polar surface area (TPSA) is 108 Å². The zero-order chi connectivity index (χ0) is 28.4. The van der Waals surface area contributed by atoms with Gasteiger partial charge in [0.2, 0.25) is 5.84 Å². The Labute approximate surface area is 231 Å². The highest BCUT2D eigenvalue weighted by Crippen LogP contribution is 2.32. The number of benzene rings is 2. The zero-order valence-electron chi connectivity index (χ0n) is 22.6. The highest BCUT2D eigenvalue weighted by molar-refractivity contribution is 9.10. The van der Waals surface area contributed by atoms with Crippen LogP contribution in [-0.4, -0.2) is 48.1 Å². The second-order valence-corrected chi connectivity index (χ2v) is 11.0. The molecule has 1 aliphatic rings. The number of carbonyl (C=O) groups is 3. The van der Waals surface area contributed by atoms with Gasteiger partial charge >= 0.3 is 12.1 Å². The Morgan fingerprint density at radius 2 is 1.68 bits per heavy atom. The van der Waals surface area contributed by atoms with Gasteiger partial charge in [-0.2, -0.15) is 4.48 Å². The largest absolute Gasteiger partial charge is 0.497 e. The minimum absolute atomic E-state index is 0.161. The SMILES string of the molecule is Cc1c(Br)cc(C(=O)Oc2ccc([N+]3(C(=O)[O-])C=CN=C3CCN(C)C(=O)OC(C)(C)C)cc2)c(C)c1C. The number of amidine groups is 1. The first kappa shape index (κ1) is 29.1. The van der Waals surface area contributed by atoms with Gasteiger partial charge in [0.05, 0.1) is 18.2 Å². The number of halogens is 1. The summed E-state index contributed by atoms with van der Waals surface area (Å²) in [7, 11) is 1.57. The van der Waals surface area contributed by atoms with Crippen LogP contribution in [0.15, 0.2) is 52.2 Å². The van der Waals surface area contributed by atoms with Crippen LogP contribution in [0.5, 0.6) is 5.75 Å². The molecule has 2 aromatic carbocycles. The van der Waals surface area contributed by atoms with Crippen molar-refractivity contribution < 1.29 is 29.0 Å². The summed E-state index contributed by atoms with van der Waals surface area (Å²) in [6, 6.07) is 7.88. The number of carbonyl (C=O) groups excluding carboxylic acids is 3. The van der Waals surface area contributed by atoms with Gasteiger partial charge in [-0.05, 0) is 76.4 Å². The maximum absolute atomic E-state index is 12.9. The Kier molecular flexibility index (Phi) is 8.48. The van der Waals surface area contributed by atoms with E-state index < -0.39 is 28.2 Å². The first-order chi connectivity index (χ1) is 17.7. The van der Waals surface area contributed by atoms with Crippen molar-refractivity contribution in [2.45, 2.75) is 53.6 Å². The van der Waals surface area contributed by atoms with Gasteiger partial charge in [0.25, 0.3) is 6.09 Å². The number of esters is 1. The average Bonchev–Trinajstić information content (AvgIpc) is 3.27. The molecule has 3 rings (SSSR count). The maximum Gasteiger partial charge on any atom is 0.410 e. The fourth-order valence-electron chi connectivity index (χ4n) is 3.97. The smallest absolute Gasteiger partial charge is 0.410 e. The number of hydrogen-bond donors (Lipinski definition) is 0. The molecule has 0 N–H and O–H groups in total. The van der Waals surface area contributed by atoms with E-state index in [9.17, 15) is 19.5 Å². The highest BCUT2D eigenvalue weighted by atomic mass is 79.9. The quantitative estimate of drug-likeness (QED) is 0.255. The third-order valence-electron chi connectivity index (χ3n) is 6.42. The standard InChI is InChI=1S/C28H32BrN3O6/c1-17-18(2)22(16-23(29)19(17)3)25(33)37-21-10-8-20(9-11-21)32(27(35)36)15-13-30-24(32)12-14-31(7)26(34)38-28(4,5)6/h8-11,13,15-16H,12,14H2,1-7H3. The summed E-state index contributed by atoms with van der Waals surface area (Å²) < 4.78 is 11.0. The van der Waals surface area contributed by atoms with E-state index in [0.29, 0.717) is 11.3 Å². The number of nitrogens with zero attached hydrogens (tertiary/aromatic N) is 3. The molecule has 10 heteroatoms. The second kappa shape index (κ2) is 11.1. The molecule has 1 atom stereocenters. The Hall–Kier alpha value is -3.50. The van der Waals surface area contributed by atoms with Crippen LogP contribution in [0.25, 0.3) is 0 Å². The molecule has 202 valence electrons. The van der Waals surface area contributed by atoms with Crippen molar-refractivity contribution in [1.29, 1.82) is 0 Å². The van der Waals surface area contributed by atoms with E-state index in [-0.39, 0.29) is 24.6 Å². The molecule has 1 heterocycles. The molecule has 38 heavy (non-hydrogen) atoms. The Balaban J connectivity index is 1.79. The monoisotopic (exact) mass is 585 g/mol. The van der Waals surface area contributed by atoms with Gasteiger partial charge in [-0.3, -0.25) is 0 Å². The summed E-state index contributed by atoms with van der Waals surface area (Å²) in [4.78, 5) is 43.2. The average molecular weight is 586 g/mol. The van der Waals surface area contributed by atoms with Gasteiger partial charge in [0, 0.05) is 30.2 Å². The van der Waals surface area contributed by atoms with Gasteiger partial charge in [-0.15, -0.1) is 0 Å². The van der Waals surface area contributed by atoms with Crippen molar-refractivity contribution in [2.75, 3.05) is 13.6 Å². The summed E-state index contributed by atoms with van der Waals surface area (Å²) in [6.45, 7) is 11.3. The van der Waals surface area contributed by atoms with Crippen LogP contribution in [-0.2, 0) is 4.74 Å². The fourth-order valence-corrected chi connectivity index (χ4v) is 4.50. The van der Waals surface area contributed by atoms with E-state index in [4.69, 9.17) is 9.47 Å². The molecule has 1 aliphatic heterocycles. The minimum Gasteiger partial charge on any atom is -0.497 e. The molecule has 1 unspecified atom stereocenters. The fraction of sp³-hybridized carbons (Fsp3) is 0.357. The zero-order valence-corrected chi connectivity index (χ0v) is 24.2. The molecule has 0 saturated carbocycles. The number of quaternary nitrogens is 1. The van der Waals surface area contributed by atoms with Crippen LogP contribution in [0.4, 0.5) is 15.3 Å². The molecular formula is C28H32BrN3O6. The number of amides is 2. The third kappa shape index (κ3) is 5.97. The molecular weight excluding hydrogens is 554 g/mol. The summed E-state index contributed by atoms with van der Waals surface area (Å²) in [5.74, 6) is 0.00688. The molecule has 0 spiro atoms. The molecule has 0 bridgehead atoms. The van der Waals surface area contributed by atoms with E-state index in [0.717, 1.165) is 21.2 Å². The lowest BCUT2D eigenvalue weighted by molar-refractivity contribution is -0.257. The maximum atomic E-state index is 12.9. The lowest BCUT2D eigenvalue weighted by Crippen LogP contribution is -2.59. The first-order valence-corrected chi connectivity index (χ1v) is 12.8. The Bertz CT molecular complexity index is 1330.